The zero-order chi connectivity index (χ0) is 14.7. The van der Waals surface area contributed by atoms with Crippen LogP contribution in [0.3, 0.4) is 0 Å². The van der Waals surface area contributed by atoms with Crippen LogP contribution in [0.15, 0.2) is 35.1 Å². The van der Waals surface area contributed by atoms with Crippen molar-refractivity contribution in [2.45, 2.75) is 0 Å². The van der Waals surface area contributed by atoms with Gasteiger partial charge in [0.05, 0.1) is 5.56 Å². The van der Waals surface area contributed by atoms with Gasteiger partial charge in [-0.05, 0) is 18.2 Å². The molecule has 0 aliphatic rings. The topological polar surface area (TPSA) is 109 Å². The maximum Gasteiger partial charge on any atom is 0.364 e. The predicted molar refractivity (Wildman–Crippen MR) is 63.2 cm³/mol. The predicted octanol–water partition coefficient (Wildman–Crippen LogP) is 0.826. The van der Waals surface area contributed by atoms with Crippen LogP contribution in [0.25, 0.3) is 0 Å². The number of hydrogen-bond donors (Lipinski definition) is 2. The summed E-state index contributed by atoms with van der Waals surface area (Å²) in [6, 6.07) is 5.52. The van der Waals surface area contributed by atoms with Gasteiger partial charge in [0.15, 0.2) is 17.3 Å². The Bertz CT molecular complexity index is 720. The van der Waals surface area contributed by atoms with E-state index in [1.807, 2.05) is 5.10 Å². The Morgan fingerprint density at radius 2 is 2.00 bits per heavy atom. The third-order valence-corrected chi connectivity index (χ3v) is 2.28. The van der Waals surface area contributed by atoms with Crippen molar-refractivity contribution in [2.24, 2.45) is 0 Å². The molecule has 0 aliphatic carbocycles. The highest BCUT2D eigenvalue weighted by atomic mass is 19.1. The fraction of sp³-hybridized carbons (Fsp3) is 0. The van der Waals surface area contributed by atoms with Gasteiger partial charge in [0.1, 0.15) is 0 Å². The van der Waals surface area contributed by atoms with Crippen molar-refractivity contribution in [2.75, 3.05) is 0 Å². The van der Waals surface area contributed by atoms with Crippen molar-refractivity contribution in [3.8, 4) is 5.75 Å². The summed E-state index contributed by atoms with van der Waals surface area (Å²) in [6.07, 6.45) is 0. The molecule has 2 rings (SSSR count). The first-order valence-electron chi connectivity index (χ1n) is 5.29. The Morgan fingerprint density at radius 3 is 2.60 bits per heavy atom. The number of carbonyl (C=O) groups is 2. The monoisotopic (exact) mass is 278 g/mol. The highest BCUT2D eigenvalue weighted by Crippen LogP contribution is 2.21. The van der Waals surface area contributed by atoms with Crippen LogP contribution in [0, 0.1) is 5.82 Å². The van der Waals surface area contributed by atoms with Crippen LogP contribution in [-0.4, -0.2) is 27.2 Å². The van der Waals surface area contributed by atoms with Gasteiger partial charge in [-0.15, -0.1) is 0 Å². The smallest absolute Gasteiger partial charge is 0.364 e. The minimum atomic E-state index is -1.48. The molecule has 0 saturated carbocycles. The molecule has 0 amide bonds. The van der Waals surface area contributed by atoms with Crippen molar-refractivity contribution < 1.29 is 23.8 Å². The Balaban J connectivity index is 2.28. The number of aromatic nitrogens is 2. The minimum Gasteiger partial charge on any atom is -0.478 e. The van der Waals surface area contributed by atoms with Crippen molar-refractivity contribution in [1.29, 1.82) is 0 Å². The van der Waals surface area contributed by atoms with E-state index in [9.17, 15) is 18.8 Å². The fourth-order valence-corrected chi connectivity index (χ4v) is 1.37. The fourth-order valence-electron chi connectivity index (χ4n) is 1.37. The molecule has 1 aromatic carbocycles. The molecule has 0 saturated heterocycles. The van der Waals surface area contributed by atoms with E-state index in [1.165, 1.54) is 6.07 Å². The summed E-state index contributed by atoms with van der Waals surface area (Å²) < 4.78 is 18.4. The van der Waals surface area contributed by atoms with Crippen molar-refractivity contribution in [1.82, 2.24) is 10.2 Å². The molecule has 1 aromatic heterocycles. The van der Waals surface area contributed by atoms with Gasteiger partial charge in [-0.25, -0.2) is 19.1 Å². The number of aromatic amines is 1. The Kier molecular flexibility index (Phi) is 3.56. The van der Waals surface area contributed by atoms with Gasteiger partial charge < -0.3 is 9.84 Å². The molecule has 2 aromatic rings. The van der Waals surface area contributed by atoms with E-state index in [4.69, 9.17) is 9.84 Å². The Labute approximate surface area is 110 Å². The van der Waals surface area contributed by atoms with Gasteiger partial charge in [-0.1, -0.05) is 6.07 Å². The van der Waals surface area contributed by atoms with Gasteiger partial charge in [0.2, 0.25) is 0 Å². The molecular formula is C12H7FN2O5. The molecule has 0 unspecified atom stereocenters. The minimum absolute atomic E-state index is 0.246. The molecule has 0 atom stereocenters. The number of nitrogens with zero attached hydrogens (tertiary/aromatic N) is 1. The van der Waals surface area contributed by atoms with E-state index in [2.05, 4.69) is 5.10 Å². The standard InChI is InChI=1S/C12H7FN2O5/c13-10-6(11(17)18)2-1-3-8(10)20-12(19)7-4-5-9(16)15-14-7/h1-5H,(H,15,16)(H,17,18). The van der Waals surface area contributed by atoms with Crippen molar-refractivity contribution in [3.63, 3.8) is 0 Å². The van der Waals surface area contributed by atoms with E-state index >= 15 is 0 Å². The summed E-state index contributed by atoms with van der Waals surface area (Å²) in [5.41, 5.74) is -1.38. The number of carboxylic acids is 1. The lowest BCUT2D eigenvalue weighted by Gasteiger charge is -2.06. The highest BCUT2D eigenvalue weighted by Gasteiger charge is 2.18. The van der Waals surface area contributed by atoms with Crippen LogP contribution >= 0.6 is 0 Å². The van der Waals surface area contributed by atoms with Crippen LogP contribution < -0.4 is 10.3 Å². The quantitative estimate of drug-likeness (QED) is 0.635. The lowest BCUT2D eigenvalue weighted by molar-refractivity contribution is 0.0675. The van der Waals surface area contributed by atoms with E-state index in [0.29, 0.717) is 0 Å². The first kappa shape index (κ1) is 13.4. The number of hydrogen-bond acceptors (Lipinski definition) is 5. The highest BCUT2D eigenvalue weighted by molar-refractivity contribution is 5.90. The molecule has 20 heavy (non-hydrogen) atoms. The van der Waals surface area contributed by atoms with Gasteiger partial charge in [-0.3, -0.25) is 4.79 Å². The second-order valence-electron chi connectivity index (χ2n) is 3.62. The van der Waals surface area contributed by atoms with Crippen LogP contribution in [0.1, 0.15) is 20.8 Å². The average molecular weight is 278 g/mol. The molecule has 102 valence electrons. The molecular weight excluding hydrogens is 271 g/mol. The summed E-state index contributed by atoms with van der Waals surface area (Å²) >= 11 is 0. The van der Waals surface area contributed by atoms with Gasteiger partial charge >= 0.3 is 11.9 Å². The number of rotatable bonds is 3. The zero-order valence-electron chi connectivity index (χ0n) is 9.79. The van der Waals surface area contributed by atoms with Crippen LogP contribution in [-0.2, 0) is 0 Å². The number of halogens is 1. The van der Waals surface area contributed by atoms with Crippen molar-refractivity contribution in [3.05, 3.63) is 57.8 Å². The maximum atomic E-state index is 13.7. The summed E-state index contributed by atoms with van der Waals surface area (Å²) in [4.78, 5) is 33.2. The number of nitrogens with one attached hydrogen (secondary N) is 1. The van der Waals surface area contributed by atoms with Crippen LogP contribution in [0.4, 0.5) is 4.39 Å². The molecule has 7 nitrogen and oxygen atoms in total. The molecule has 0 spiro atoms. The number of carbonyl (C=O) groups excluding carboxylic acids is 1. The summed E-state index contributed by atoms with van der Waals surface area (Å²) in [6.45, 7) is 0. The zero-order valence-corrected chi connectivity index (χ0v) is 9.79. The molecule has 0 aliphatic heterocycles. The number of carboxylic acid groups (broad SMARTS) is 1. The van der Waals surface area contributed by atoms with Gasteiger partial charge in [0, 0.05) is 6.07 Å². The SMILES string of the molecule is O=C(Oc1cccc(C(=O)O)c1F)c1ccc(=O)[nH]n1. The van der Waals surface area contributed by atoms with E-state index in [-0.39, 0.29) is 5.69 Å². The third-order valence-electron chi connectivity index (χ3n) is 2.28. The third kappa shape index (κ3) is 2.69. The molecule has 0 fully saturated rings. The lowest BCUT2D eigenvalue weighted by atomic mass is 10.2. The van der Waals surface area contributed by atoms with E-state index in [1.54, 1.807) is 0 Å². The van der Waals surface area contributed by atoms with Gasteiger partial charge in [0.25, 0.3) is 5.56 Å². The number of esters is 1. The average Bonchev–Trinajstić information content (AvgIpc) is 2.41. The van der Waals surface area contributed by atoms with Crippen LogP contribution in [0.2, 0.25) is 0 Å². The second-order valence-corrected chi connectivity index (χ2v) is 3.62. The van der Waals surface area contributed by atoms with E-state index in [0.717, 1.165) is 24.3 Å². The molecule has 1 heterocycles. The summed E-state index contributed by atoms with van der Waals surface area (Å²) in [7, 11) is 0. The number of aromatic carboxylic acids is 1. The summed E-state index contributed by atoms with van der Waals surface area (Å²) in [5, 5.41) is 14.2. The molecule has 2 N–H and O–H groups in total. The number of ether oxygens (including phenoxy) is 1. The normalized spacial score (nSPS) is 10.1. The van der Waals surface area contributed by atoms with Crippen molar-refractivity contribution >= 4 is 11.9 Å². The second kappa shape index (κ2) is 5.31. The van der Waals surface area contributed by atoms with E-state index < -0.39 is 34.6 Å². The first-order valence-corrected chi connectivity index (χ1v) is 5.29. The summed E-state index contributed by atoms with van der Waals surface area (Å²) in [5.74, 6) is -4.22. The maximum absolute atomic E-state index is 13.7. The Hall–Kier alpha value is -3.03. The largest absolute Gasteiger partial charge is 0.478 e. The lowest BCUT2D eigenvalue weighted by Crippen LogP contribution is -2.16. The molecule has 8 heteroatoms. The Morgan fingerprint density at radius 1 is 1.25 bits per heavy atom. The van der Waals surface area contributed by atoms with Gasteiger partial charge in [-0.2, -0.15) is 5.10 Å². The molecule has 0 bridgehead atoms. The number of H-pyrrole nitrogens is 1. The first-order chi connectivity index (χ1) is 9.49. The van der Waals surface area contributed by atoms with Crippen LogP contribution in [0.5, 0.6) is 5.75 Å². The molecule has 0 radical (unpaired) electrons. The number of benzene rings is 1.